The largest absolute Gasteiger partial charge is 0.387 e. The number of benzene rings is 1. The summed E-state index contributed by atoms with van der Waals surface area (Å²) in [4.78, 5) is 6.86. The third-order valence-corrected chi connectivity index (χ3v) is 4.41. The van der Waals surface area contributed by atoms with Crippen LogP contribution < -0.4 is 4.40 Å². The summed E-state index contributed by atoms with van der Waals surface area (Å²) in [6.07, 6.45) is 2.16. The average Bonchev–Trinajstić information content (AvgIpc) is 2.74. The Balaban J connectivity index is 2.19. The van der Waals surface area contributed by atoms with Crippen molar-refractivity contribution in [2.24, 2.45) is 0 Å². The third kappa shape index (κ3) is 2.06. The van der Waals surface area contributed by atoms with Crippen molar-refractivity contribution in [3.05, 3.63) is 52.4 Å². The first kappa shape index (κ1) is 11.8. The fraction of sp³-hybridized carbons (Fsp3) is 0.143. The molecule has 0 atom stereocenters. The second-order valence-corrected chi connectivity index (χ2v) is 6.22. The molecule has 0 N–H and O–H groups in total. The third-order valence-electron chi connectivity index (χ3n) is 2.85. The molecule has 0 saturated heterocycles. The first-order chi connectivity index (χ1) is 8.63. The number of aryl methyl sites for hydroxylation is 2. The molecule has 0 aliphatic rings. The molecule has 0 fully saturated rings. The quantitative estimate of drug-likeness (QED) is 0.621. The van der Waals surface area contributed by atoms with Crippen molar-refractivity contribution in [3.63, 3.8) is 0 Å². The molecule has 3 aromatic rings. The molecule has 90 valence electrons. The zero-order valence-corrected chi connectivity index (χ0v) is 12.5. The van der Waals surface area contributed by atoms with Crippen molar-refractivity contribution in [1.82, 2.24) is 4.98 Å². The molecule has 0 aliphatic carbocycles. The maximum Gasteiger partial charge on any atom is 0.387 e. The predicted octanol–water partition coefficient (Wildman–Crippen LogP) is 3.93. The number of nitrogens with zero attached hydrogens (tertiary/aromatic N) is 2. The molecule has 0 aliphatic heterocycles. The fourth-order valence-corrected chi connectivity index (χ4v) is 3.34. The monoisotopic (exact) mass is 319 g/mol. The fourth-order valence-electron chi connectivity index (χ4n) is 1.98. The lowest BCUT2D eigenvalue weighted by molar-refractivity contribution is -0.517. The van der Waals surface area contributed by atoms with Crippen LogP contribution in [0.2, 0.25) is 0 Å². The van der Waals surface area contributed by atoms with Gasteiger partial charge in [-0.15, -0.1) is 0 Å². The highest BCUT2D eigenvalue weighted by Gasteiger charge is 2.15. The first-order valence-electron chi connectivity index (χ1n) is 5.69. The van der Waals surface area contributed by atoms with Gasteiger partial charge in [-0.1, -0.05) is 28.1 Å². The van der Waals surface area contributed by atoms with E-state index in [1.165, 1.54) is 16.1 Å². The summed E-state index contributed by atoms with van der Waals surface area (Å²) in [5.41, 5.74) is 3.51. The van der Waals surface area contributed by atoms with Gasteiger partial charge in [0.05, 0.1) is 4.88 Å². The van der Waals surface area contributed by atoms with Gasteiger partial charge in [-0.05, 0) is 40.9 Å². The number of fused-ring (bicyclic) bond motifs is 1. The van der Waals surface area contributed by atoms with E-state index in [9.17, 15) is 0 Å². The minimum Gasteiger partial charge on any atom is -0.190 e. The van der Waals surface area contributed by atoms with Crippen LogP contribution in [0.4, 0.5) is 0 Å². The topological polar surface area (TPSA) is 17.0 Å². The van der Waals surface area contributed by atoms with Gasteiger partial charge in [0.25, 0.3) is 0 Å². The average molecular weight is 320 g/mol. The molecule has 4 heteroatoms. The van der Waals surface area contributed by atoms with E-state index in [2.05, 4.69) is 68.8 Å². The molecule has 0 amide bonds. The number of aromatic nitrogens is 2. The van der Waals surface area contributed by atoms with Crippen molar-refractivity contribution < 1.29 is 4.40 Å². The summed E-state index contributed by atoms with van der Waals surface area (Å²) in [6.45, 7) is 4.14. The molecule has 1 aromatic carbocycles. The molecule has 2 aromatic heterocycles. The van der Waals surface area contributed by atoms with Crippen LogP contribution in [0, 0.1) is 13.8 Å². The minimum atomic E-state index is 1.05. The Kier molecular flexibility index (Phi) is 2.92. The predicted molar refractivity (Wildman–Crippen MR) is 77.9 cm³/mol. The molecule has 0 unspecified atom stereocenters. The lowest BCUT2D eigenvalue weighted by Gasteiger charge is -1.94. The minimum absolute atomic E-state index is 1.05. The maximum absolute atomic E-state index is 4.57. The summed E-state index contributed by atoms with van der Waals surface area (Å²) in [7, 11) is 0. The van der Waals surface area contributed by atoms with Gasteiger partial charge in [0.1, 0.15) is 11.9 Å². The van der Waals surface area contributed by atoms with Gasteiger partial charge in [-0.3, -0.25) is 0 Å². The Hall–Kier alpha value is -1.26. The summed E-state index contributed by atoms with van der Waals surface area (Å²) in [6, 6.07) is 10.5. The lowest BCUT2D eigenvalue weighted by Crippen LogP contribution is -2.23. The standard InChI is InChI=1S/C14H12BrN2S/c1-9-7-10(2)17-8-13(18-14(17)16-9)11-3-5-12(15)6-4-11/h3-8H,1-2H3/q+1. The zero-order valence-electron chi connectivity index (χ0n) is 10.1. The first-order valence-corrected chi connectivity index (χ1v) is 7.30. The van der Waals surface area contributed by atoms with Gasteiger partial charge in [0, 0.05) is 17.5 Å². The zero-order chi connectivity index (χ0) is 12.7. The number of halogens is 1. The molecule has 0 saturated carbocycles. The van der Waals surface area contributed by atoms with Gasteiger partial charge in [0.2, 0.25) is 0 Å². The second kappa shape index (κ2) is 4.44. The van der Waals surface area contributed by atoms with Gasteiger partial charge >= 0.3 is 4.96 Å². The number of rotatable bonds is 1. The summed E-state index contributed by atoms with van der Waals surface area (Å²) >= 11 is 5.18. The van der Waals surface area contributed by atoms with Crippen LogP contribution in [-0.4, -0.2) is 4.98 Å². The van der Waals surface area contributed by atoms with Crippen LogP contribution in [0.25, 0.3) is 15.4 Å². The highest BCUT2D eigenvalue weighted by atomic mass is 79.9. The SMILES string of the molecule is Cc1cc(C)[n+]2cc(-c3ccc(Br)cc3)sc2n1. The van der Waals surface area contributed by atoms with E-state index in [-0.39, 0.29) is 0 Å². The Morgan fingerprint density at radius 3 is 2.61 bits per heavy atom. The van der Waals surface area contributed by atoms with E-state index in [4.69, 9.17) is 0 Å². The van der Waals surface area contributed by atoms with Gasteiger partial charge in [0.15, 0.2) is 5.69 Å². The lowest BCUT2D eigenvalue weighted by atomic mass is 10.2. The van der Waals surface area contributed by atoms with E-state index in [1.807, 2.05) is 6.92 Å². The second-order valence-electron chi connectivity index (χ2n) is 4.29. The van der Waals surface area contributed by atoms with E-state index >= 15 is 0 Å². The summed E-state index contributed by atoms with van der Waals surface area (Å²) < 4.78 is 3.25. The van der Waals surface area contributed by atoms with Crippen LogP contribution >= 0.6 is 27.3 Å². The van der Waals surface area contributed by atoms with Gasteiger partial charge in [-0.2, -0.15) is 4.40 Å². The Bertz CT molecular complexity index is 716. The van der Waals surface area contributed by atoms with Crippen LogP contribution in [0.15, 0.2) is 41.0 Å². The van der Waals surface area contributed by atoms with E-state index in [0.717, 1.165) is 15.1 Å². The normalized spacial score (nSPS) is 11.1. The van der Waals surface area contributed by atoms with Crippen molar-refractivity contribution in [2.45, 2.75) is 13.8 Å². The molecule has 18 heavy (non-hydrogen) atoms. The van der Waals surface area contributed by atoms with E-state index in [1.54, 1.807) is 11.3 Å². The number of hydrogen-bond donors (Lipinski definition) is 0. The number of thiazole rings is 1. The Morgan fingerprint density at radius 1 is 1.17 bits per heavy atom. The van der Waals surface area contributed by atoms with E-state index < -0.39 is 0 Å². The van der Waals surface area contributed by atoms with Gasteiger partial charge < -0.3 is 0 Å². The van der Waals surface area contributed by atoms with Crippen LogP contribution in [0.5, 0.6) is 0 Å². The van der Waals surface area contributed by atoms with Crippen LogP contribution in [0.1, 0.15) is 11.4 Å². The highest BCUT2D eigenvalue weighted by Crippen LogP contribution is 2.26. The van der Waals surface area contributed by atoms with Crippen LogP contribution in [0.3, 0.4) is 0 Å². The molecule has 2 heterocycles. The molecular formula is C14H12BrN2S+. The molecule has 0 bridgehead atoms. The molecule has 0 radical (unpaired) electrons. The van der Waals surface area contributed by atoms with Crippen molar-refractivity contribution >= 4 is 32.2 Å². The van der Waals surface area contributed by atoms with Gasteiger partial charge in [-0.25, -0.2) is 0 Å². The van der Waals surface area contributed by atoms with E-state index in [0.29, 0.717) is 0 Å². The summed E-state index contributed by atoms with van der Waals surface area (Å²) in [5.74, 6) is 0. The number of hydrogen-bond acceptors (Lipinski definition) is 2. The summed E-state index contributed by atoms with van der Waals surface area (Å²) in [5, 5.41) is 0. The van der Waals surface area contributed by atoms with Crippen molar-refractivity contribution in [3.8, 4) is 10.4 Å². The van der Waals surface area contributed by atoms with Crippen molar-refractivity contribution in [2.75, 3.05) is 0 Å². The Morgan fingerprint density at radius 2 is 1.89 bits per heavy atom. The smallest absolute Gasteiger partial charge is 0.190 e. The molecule has 0 spiro atoms. The molecule has 3 rings (SSSR count). The molecular weight excluding hydrogens is 308 g/mol. The highest BCUT2D eigenvalue weighted by molar-refractivity contribution is 9.10. The Labute approximate surface area is 118 Å². The van der Waals surface area contributed by atoms with Crippen molar-refractivity contribution in [1.29, 1.82) is 0 Å². The maximum atomic E-state index is 4.57. The van der Waals surface area contributed by atoms with Crippen LogP contribution in [-0.2, 0) is 0 Å². The molecule has 2 nitrogen and oxygen atoms in total.